The first-order valence-corrected chi connectivity index (χ1v) is 11.0. The lowest BCUT2D eigenvalue weighted by Gasteiger charge is -2.16. The van der Waals surface area contributed by atoms with Gasteiger partial charge in [-0.25, -0.2) is 18.2 Å². The predicted octanol–water partition coefficient (Wildman–Crippen LogP) is 5.00. The minimum absolute atomic E-state index is 0.0980. The molecule has 1 fully saturated rings. The SMILES string of the molecule is CCC(=O)Nc1cc(Oc2cc(F)c(NC(=O)C3(C(=O)Nc4ccc(F)cc4)CC3)cc2F)ccn1. The molecule has 3 amide bonds. The van der Waals surface area contributed by atoms with Gasteiger partial charge in [-0.1, -0.05) is 6.92 Å². The van der Waals surface area contributed by atoms with Gasteiger partial charge in [0.25, 0.3) is 0 Å². The van der Waals surface area contributed by atoms with E-state index in [2.05, 4.69) is 20.9 Å². The third-order valence-electron chi connectivity index (χ3n) is 5.54. The van der Waals surface area contributed by atoms with Crippen LogP contribution in [0.15, 0.2) is 54.7 Å². The number of hydrogen-bond donors (Lipinski definition) is 3. The van der Waals surface area contributed by atoms with Gasteiger partial charge in [0, 0.05) is 36.5 Å². The lowest BCUT2D eigenvalue weighted by Crippen LogP contribution is -2.35. The van der Waals surface area contributed by atoms with Crippen LogP contribution in [0.4, 0.5) is 30.4 Å². The van der Waals surface area contributed by atoms with Crippen LogP contribution in [0.1, 0.15) is 26.2 Å². The van der Waals surface area contributed by atoms with Crippen molar-refractivity contribution in [2.24, 2.45) is 5.41 Å². The Balaban J connectivity index is 1.45. The van der Waals surface area contributed by atoms with E-state index in [1.54, 1.807) is 6.92 Å². The van der Waals surface area contributed by atoms with Gasteiger partial charge in [0.15, 0.2) is 17.4 Å². The molecule has 1 aliphatic carbocycles. The van der Waals surface area contributed by atoms with Crippen LogP contribution in [0.3, 0.4) is 0 Å². The van der Waals surface area contributed by atoms with Crippen molar-refractivity contribution in [2.45, 2.75) is 26.2 Å². The van der Waals surface area contributed by atoms with Gasteiger partial charge in [0.2, 0.25) is 17.7 Å². The number of carbonyl (C=O) groups is 3. The van der Waals surface area contributed by atoms with Crippen LogP contribution in [0.5, 0.6) is 11.5 Å². The molecule has 0 unspecified atom stereocenters. The number of halogens is 3. The highest BCUT2D eigenvalue weighted by molar-refractivity contribution is 6.16. The number of anilines is 3. The molecule has 1 heterocycles. The van der Waals surface area contributed by atoms with Crippen LogP contribution in [0.2, 0.25) is 0 Å². The normalized spacial score (nSPS) is 13.4. The van der Waals surface area contributed by atoms with E-state index in [1.165, 1.54) is 30.5 Å². The number of ether oxygens (including phenoxy) is 1. The minimum Gasteiger partial charge on any atom is -0.454 e. The Morgan fingerprint density at radius 1 is 0.917 bits per heavy atom. The number of nitrogens with zero attached hydrogens (tertiary/aromatic N) is 1. The smallest absolute Gasteiger partial charge is 0.240 e. The summed E-state index contributed by atoms with van der Waals surface area (Å²) in [6, 6.07) is 9.25. The Morgan fingerprint density at radius 2 is 1.61 bits per heavy atom. The van der Waals surface area contributed by atoms with E-state index in [9.17, 15) is 27.6 Å². The standard InChI is InChI=1S/C25H21F3N4O4/c1-2-22(33)32-21-11-16(7-10-29-21)36-20-13-17(27)19(12-18(20)28)31-24(35)25(8-9-25)23(34)30-15-5-3-14(26)4-6-15/h3-7,10-13H,2,8-9H2,1H3,(H,30,34)(H,31,35)(H,29,32,33). The second kappa shape index (κ2) is 10.1. The minimum atomic E-state index is -1.44. The van der Waals surface area contributed by atoms with E-state index in [0.717, 1.165) is 24.3 Å². The molecule has 3 N–H and O–H groups in total. The molecule has 8 nitrogen and oxygen atoms in total. The molecule has 0 saturated heterocycles. The third-order valence-corrected chi connectivity index (χ3v) is 5.54. The molecule has 0 atom stereocenters. The van der Waals surface area contributed by atoms with E-state index in [4.69, 9.17) is 4.74 Å². The number of nitrogens with one attached hydrogen (secondary N) is 3. The number of aromatic nitrogens is 1. The van der Waals surface area contributed by atoms with E-state index < -0.39 is 46.1 Å². The summed E-state index contributed by atoms with van der Waals surface area (Å²) in [5.74, 6) is -4.32. The van der Waals surface area contributed by atoms with Crippen molar-refractivity contribution < 1.29 is 32.3 Å². The third kappa shape index (κ3) is 5.45. The summed E-state index contributed by atoms with van der Waals surface area (Å²) >= 11 is 0. The molecule has 3 aromatic rings. The molecule has 4 rings (SSSR count). The Bertz CT molecular complexity index is 1330. The molecular formula is C25H21F3N4O4. The van der Waals surface area contributed by atoms with Gasteiger partial charge in [0.05, 0.1) is 5.69 Å². The van der Waals surface area contributed by atoms with E-state index >= 15 is 0 Å². The highest BCUT2D eigenvalue weighted by Crippen LogP contribution is 2.47. The summed E-state index contributed by atoms with van der Waals surface area (Å²) in [7, 11) is 0. The molecule has 1 aromatic heterocycles. The number of pyridine rings is 1. The van der Waals surface area contributed by atoms with Crippen LogP contribution in [-0.2, 0) is 14.4 Å². The number of hydrogen-bond acceptors (Lipinski definition) is 5. The lowest BCUT2D eigenvalue weighted by molar-refractivity contribution is -0.131. The monoisotopic (exact) mass is 498 g/mol. The molecule has 1 aliphatic rings. The van der Waals surface area contributed by atoms with E-state index in [-0.39, 0.29) is 36.7 Å². The topological polar surface area (TPSA) is 109 Å². The quantitative estimate of drug-likeness (QED) is 0.379. The summed E-state index contributed by atoms with van der Waals surface area (Å²) < 4.78 is 47.9. The van der Waals surface area contributed by atoms with Crippen molar-refractivity contribution in [3.8, 4) is 11.5 Å². The summed E-state index contributed by atoms with van der Waals surface area (Å²) in [6.45, 7) is 1.66. The van der Waals surface area contributed by atoms with Crippen LogP contribution in [0.25, 0.3) is 0 Å². The van der Waals surface area contributed by atoms with Crippen LogP contribution >= 0.6 is 0 Å². The fourth-order valence-corrected chi connectivity index (χ4v) is 3.31. The van der Waals surface area contributed by atoms with Gasteiger partial charge in [-0.05, 0) is 43.2 Å². The van der Waals surface area contributed by atoms with Crippen LogP contribution in [0, 0.1) is 22.9 Å². The molecule has 0 aliphatic heterocycles. The second-order valence-electron chi connectivity index (χ2n) is 8.14. The molecule has 36 heavy (non-hydrogen) atoms. The maximum atomic E-state index is 14.7. The van der Waals surface area contributed by atoms with Gasteiger partial charge in [0.1, 0.15) is 22.8 Å². The van der Waals surface area contributed by atoms with Crippen molar-refractivity contribution in [1.82, 2.24) is 4.98 Å². The fraction of sp³-hybridized carbons (Fsp3) is 0.200. The van der Waals surface area contributed by atoms with E-state index in [0.29, 0.717) is 5.69 Å². The zero-order chi connectivity index (χ0) is 25.9. The van der Waals surface area contributed by atoms with Crippen LogP contribution < -0.4 is 20.7 Å². The Hall–Kier alpha value is -4.41. The fourth-order valence-electron chi connectivity index (χ4n) is 3.31. The lowest BCUT2D eigenvalue weighted by atomic mass is 10.0. The van der Waals surface area contributed by atoms with Gasteiger partial charge < -0.3 is 20.7 Å². The van der Waals surface area contributed by atoms with Crippen molar-refractivity contribution in [1.29, 1.82) is 0 Å². The maximum absolute atomic E-state index is 14.7. The molecule has 0 radical (unpaired) electrons. The first-order valence-electron chi connectivity index (χ1n) is 11.0. The second-order valence-corrected chi connectivity index (χ2v) is 8.14. The van der Waals surface area contributed by atoms with Gasteiger partial charge >= 0.3 is 0 Å². The highest BCUT2D eigenvalue weighted by atomic mass is 19.1. The average molecular weight is 498 g/mol. The number of carbonyl (C=O) groups excluding carboxylic acids is 3. The largest absolute Gasteiger partial charge is 0.454 e. The van der Waals surface area contributed by atoms with Gasteiger partial charge in [-0.15, -0.1) is 0 Å². The molecule has 0 spiro atoms. The summed E-state index contributed by atoms with van der Waals surface area (Å²) in [4.78, 5) is 40.9. The summed E-state index contributed by atoms with van der Waals surface area (Å²) in [5.41, 5.74) is -1.60. The number of benzene rings is 2. The van der Waals surface area contributed by atoms with Gasteiger partial charge in [-0.3, -0.25) is 14.4 Å². The zero-order valence-electron chi connectivity index (χ0n) is 19.0. The Kier molecular flexibility index (Phi) is 6.91. The predicted molar refractivity (Wildman–Crippen MR) is 125 cm³/mol. The Morgan fingerprint density at radius 3 is 2.28 bits per heavy atom. The molecular weight excluding hydrogens is 477 g/mol. The first-order chi connectivity index (χ1) is 17.2. The summed E-state index contributed by atoms with van der Waals surface area (Å²) in [5, 5.41) is 7.33. The van der Waals surface area contributed by atoms with Crippen molar-refractivity contribution >= 4 is 34.9 Å². The molecule has 186 valence electrons. The van der Waals surface area contributed by atoms with Crippen molar-refractivity contribution in [3.05, 3.63) is 72.2 Å². The average Bonchev–Trinajstić information content (AvgIpc) is 3.66. The van der Waals surface area contributed by atoms with Gasteiger partial charge in [-0.2, -0.15) is 0 Å². The molecule has 1 saturated carbocycles. The molecule has 0 bridgehead atoms. The number of amides is 3. The summed E-state index contributed by atoms with van der Waals surface area (Å²) in [6.07, 6.45) is 2.00. The Labute approximate surface area is 203 Å². The highest BCUT2D eigenvalue weighted by Gasteiger charge is 2.56. The van der Waals surface area contributed by atoms with E-state index in [1.807, 2.05) is 0 Å². The molecule has 2 aromatic carbocycles. The number of rotatable bonds is 8. The van der Waals surface area contributed by atoms with Crippen molar-refractivity contribution in [2.75, 3.05) is 16.0 Å². The zero-order valence-corrected chi connectivity index (χ0v) is 19.0. The molecule has 11 heteroatoms. The van der Waals surface area contributed by atoms with Crippen molar-refractivity contribution in [3.63, 3.8) is 0 Å². The van der Waals surface area contributed by atoms with Crippen LogP contribution in [-0.4, -0.2) is 22.7 Å². The maximum Gasteiger partial charge on any atom is 0.240 e. The first kappa shape index (κ1) is 24.7.